The topological polar surface area (TPSA) is 55.5 Å². The summed E-state index contributed by atoms with van der Waals surface area (Å²) in [4.78, 5) is 0. The van der Waals surface area contributed by atoms with Crippen LogP contribution in [0.3, 0.4) is 0 Å². The van der Waals surface area contributed by atoms with Crippen LogP contribution in [-0.2, 0) is 11.8 Å². The molecule has 0 bridgehead atoms. The molecule has 0 amide bonds. The molecule has 0 unspecified atom stereocenters. The maximum atomic E-state index is 9.79. The van der Waals surface area contributed by atoms with Gasteiger partial charge >= 0.3 is 0 Å². The highest BCUT2D eigenvalue weighted by atomic mass is 32.2. The number of hydrogen-bond donors (Lipinski definition) is 2. The predicted octanol–water partition coefficient (Wildman–Crippen LogP) is 3.73. The minimum absolute atomic E-state index is 0.0496. The third-order valence-corrected chi connectivity index (χ3v) is 6.16. The van der Waals surface area contributed by atoms with Gasteiger partial charge in [-0.2, -0.15) is 11.8 Å². The fraction of sp³-hybridized carbons (Fsp3) is 0.400. The van der Waals surface area contributed by atoms with Crippen LogP contribution in [0.1, 0.15) is 25.0 Å². The summed E-state index contributed by atoms with van der Waals surface area (Å²) in [6.45, 7) is 5.02. The molecule has 24 heavy (non-hydrogen) atoms. The maximum Gasteiger partial charge on any atom is 0.119 e. The highest BCUT2D eigenvalue weighted by Gasteiger charge is 2.40. The van der Waals surface area contributed by atoms with Crippen LogP contribution < -0.4 is 10.5 Å². The van der Waals surface area contributed by atoms with Crippen LogP contribution >= 0.6 is 11.8 Å². The summed E-state index contributed by atoms with van der Waals surface area (Å²) in [6, 6.07) is 15.6. The van der Waals surface area contributed by atoms with Gasteiger partial charge in [-0.1, -0.05) is 38.1 Å². The van der Waals surface area contributed by atoms with Crippen molar-refractivity contribution in [2.24, 2.45) is 5.73 Å². The molecule has 0 saturated carbocycles. The molecule has 2 aromatic rings. The molecule has 2 aromatic carbocycles. The van der Waals surface area contributed by atoms with Crippen molar-refractivity contribution >= 4 is 11.8 Å². The van der Waals surface area contributed by atoms with Crippen LogP contribution in [0, 0.1) is 0 Å². The van der Waals surface area contributed by atoms with Gasteiger partial charge in [0.1, 0.15) is 11.5 Å². The number of fused-ring (bicyclic) bond motifs is 1. The van der Waals surface area contributed by atoms with Crippen LogP contribution in [0.2, 0.25) is 0 Å². The first-order valence-electron chi connectivity index (χ1n) is 8.36. The van der Waals surface area contributed by atoms with E-state index in [1.807, 2.05) is 54.2 Å². The van der Waals surface area contributed by atoms with E-state index in [0.717, 1.165) is 17.9 Å². The van der Waals surface area contributed by atoms with Gasteiger partial charge in [0.2, 0.25) is 0 Å². The summed E-state index contributed by atoms with van der Waals surface area (Å²) < 4.78 is 5.77. The molecular weight excluding hydrogens is 318 g/mol. The zero-order valence-electron chi connectivity index (χ0n) is 14.2. The molecule has 0 aliphatic heterocycles. The lowest BCUT2D eigenvalue weighted by atomic mass is 9.69. The summed E-state index contributed by atoms with van der Waals surface area (Å²) in [5.74, 6) is 2.14. The smallest absolute Gasteiger partial charge is 0.119 e. The first kappa shape index (κ1) is 17.2. The van der Waals surface area contributed by atoms with E-state index in [1.54, 1.807) is 6.07 Å². The molecule has 1 aliphatic carbocycles. The second-order valence-corrected chi connectivity index (χ2v) is 8.21. The average molecular weight is 343 g/mol. The Kier molecular flexibility index (Phi) is 5.07. The second kappa shape index (κ2) is 7.08. The molecule has 0 radical (unpaired) electrons. The summed E-state index contributed by atoms with van der Waals surface area (Å²) in [5.41, 5.74) is 8.89. The quantitative estimate of drug-likeness (QED) is 0.812. The number of phenols is 1. The monoisotopic (exact) mass is 343 g/mol. The molecule has 0 fully saturated rings. The maximum absolute atomic E-state index is 9.79. The third-order valence-electron chi connectivity index (χ3n) is 4.87. The lowest BCUT2D eigenvalue weighted by molar-refractivity contribution is 0.341. The number of benzene rings is 2. The lowest BCUT2D eigenvalue weighted by Gasteiger charge is -2.43. The number of nitrogens with two attached hydrogens (primary N) is 1. The van der Waals surface area contributed by atoms with Crippen LogP contribution in [0.5, 0.6) is 11.5 Å². The molecule has 128 valence electrons. The first-order valence-corrected chi connectivity index (χ1v) is 9.41. The molecular formula is C20H25NO2S. The van der Waals surface area contributed by atoms with E-state index in [4.69, 9.17) is 10.5 Å². The Hall–Kier alpha value is -1.65. The molecule has 3 N–H and O–H groups in total. The Morgan fingerprint density at radius 2 is 1.96 bits per heavy atom. The Morgan fingerprint density at radius 1 is 1.21 bits per heavy atom. The number of aromatic hydroxyl groups is 1. The number of ether oxygens (including phenoxy) is 1. The fourth-order valence-corrected chi connectivity index (χ4v) is 4.70. The van der Waals surface area contributed by atoms with Gasteiger partial charge in [-0.3, -0.25) is 0 Å². The van der Waals surface area contributed by atoms with E-state index in [2.05, 4.69) is 13.8 Å². The minimum atomic E-state index is -0.149. The molecule has 0 heterocycles. The highest BCUT2D eigenvalue weighted by molar-refractivity contribution is 8.00. The van der Waals surface area contributed by atoms with Crippen molar-refractivity contribution in [1.82, 2.24) is 0 Å². The van der Waals surface area contributed by atoms with Crippen LogP contribution in [0.4, 0.5) is 0 Å². The zero-order valence-corrected chi connectivity index (χ0v) is 15.1. The van der Waals surface area contributed by atoms with E-state index in [9.17, 15) is 5.11 Å². The molecule has 0 spiro atoms. The number of rotatable bonds is 5. The Bertz CT molecular complexity index is 687. The largest absolute Gasteiger partial charge is 0.508 e. The van der Waals surface area contributed by atoms with Crippen molar-refractivity contribution < 1.29 is 9.84 Å². The lowest BCUT2D eigenvalue weighted by Crippen LogP contribution is -2.52. The predicted molar refractivity (Wildman–Crippen MR) is 101 cm³/mol. The van der Waals surface area contributed by atoms with Gasteiger partial charge in [0.25, 0.3) is 0 Å². The molecule has 3 rings (SSSR count). The summed E-state index contributed by atoms with van der Waals surface area (Å²) >= 11 is 1.88. The van der Waals surface area contributed by atoms with E-state index in [0.29, 0.717) is 17.6 Å². The van der Waals surface area contributed by atoms with Gasteiger partial charge in [-0.05, 0) is 41.8 Å². The number of phenolic OH excluding ortho intramolecular Hbond substituents is 1. The number of para-hydroxylation sites is 1. The van der Waals surface area contributed by atoms with E-state index in [-0.39, 0.29) is 11.5 Å². The molecule has 3 nitrogen and oxygen atoms in total. The third kappa shape index (κ3) is 3.55. The normalized spacial score (nSPS) is 22.0. The van der Waals surface area contributed by atoms with Crippen LogP contribution in [0.15, 0.2) is 48.5 Å². The van der Waals surface area contributed by atoms with E-state index < -0.39 is 0 Å². The number of thioether (sulfide) groups is 1. The first-order chi connectivity index (χ1) is 11.5. The SMILES string of the molecule is CC1(C)c2cc(O)ccc2C[C@@H](SCCOc2ccccc2)[C@@H]1N. The minimum Gasteiger partial charge on any atom is -0.508 e. The Morgan fingerprint density at radius 3 is 2.71 bits per heavy atom. The van der Waals surface area contributed by atoms with Crippen LogP contribution in [-0.4, -0.2) is 28.8 Å². The van der Waals surface area contributed by atoms with E-state index >= 15 is 0 Å². The molecule has 1 aliphatic rings. The van der Waals surface area contributed by atoms with Crippen molar-refractivity contribution in [3.05, 3.63) is 59.7 Å². The summed E-state index contributed by atoms with van der Waals surface area (Å²) in [5, 5.41) is 10.1. The Labute approximate surface area is 148 Å². The van der Waals surface area contributed by atoms with Crippen molar-refractivity contribution in [3.63, 3.8) is 0 Å². The average Bonchev–Trinajstić information content (AvgIpc) is 2.58. The van der Waals surface area contributed by atoms with Crippen LogP contribution in [0.25, 0.3) is 0 Å². The number of hydrogen-bond acceptors (Lipinski definition) is 4. The zero-order chi connectivity index (χ0) is 17.2. The molecule has 4 heteroatoms. The molecule has 0 saturated heterocycles. The summed E-state index contributed by atoms with van der Waals surface area (Å²) in [7, 11) is 0. The van der Waals surface area contributed by atoms with Gasteiger partial charge < -0.3 is 15.6 Å². The van der Waals surface area contributed by atoms with Gasteiger partial charge in [0.05, 0.1) is 6.61 Å². The highest BCUT2D eigenvalue weighted by Crippen LogP contribution is 2.41. The molecule has 0 aromatic heterocycles. The van der Waals surface area contributed by atoms with Crippen molar-refractivity contribution in [3.8, 4) is 11.5 Å². The van der Waals surface area contributed by atoms with E-state index in [1.165, 1.54) is 11.1 Å². The fourth-order valence-electron chi connectivity index (χ4n) is 3.37. The van der Waals surface area contributed by atoms with Gasteiger partial charge in [-0.15, -0.1) is 0 Å². The van der Waals surface area contributed by atoms with Crippen molar-refractivity contribution in [1.29, 1.82) is 0 Å². The standard InChI is InChI=1S/C20H25NO2S/c1-20(2)17-13-15(22)9-8-14(17)12-18(19(20)21)24-11-10-23-16-6-4-3-5-7-16/h3-9,13,18-19,22H,10-12,21H2,1-2H3/t18-,19+/m1/s1. The summed E-state index contributed by atoms with van der Waals surface area (Å²) in [6.07, 6.45) is 0.941. The van der Waals surface area contributed by atoms with Gasteiger partial charge in [-0.25, -0.2) is 0 Å². The van der Waals surface area contributed by atoms with Crippen molar-refractivity contribution in [2.45, 2.75) is 37.0 Å². The van der Waals surface area contributed by atoms with Crippen molar-refractivity contribution in [2.75, 3.05) is 12.4 Å². The van der Waals surface area contributed by atoms with Gasteiger partial charge in [0, 0.05) is 22.5 Å². The Balaban J connectivity index is 1.61. The van der Waals surface area contributed by atoms with Gasteiger partial charge in [0.15, 0.2) is 0 Å². The molecule has 2 atom stereocenters. The second-order valence-electron chi connectivity index (χ2n) is 6.86.